The van der Waals surface area contributed by atoms with Crippen LogP contribution in [-0.2, 0) is 4.43 Å². The van der Waals surface area contributed by atoms with Crippen LogP contribution in [0, 0.1) is 0 Å². The first kappa shape index (κ1) is 15.9. The zero-order valence-corrected chi connectivity index (χ0v) is 14.1. The van der Waals surface area contributed by atoms with Crippen LogP contribution in [0.4, 0.5) is 0 Å². The Hall–Kier alpha value is -0.123. The van der Waals surface area contributed by atoms with Crippen molar-refractivity contribution in [1.82, 2.24) is 4.90 Å². The van der Waals surface area contributed by atoms with E-state index in [1.165, 1.54) is 25.9 Å². The van der Waals surface area contributed by atoms with Crippen molar-refractivity contribution >= 4 is 8.32 Å². The quantitative estimate of drug-likeness (QED) is 0.551. The number of hydrogen-bond acceptors (Lipinski definition) is 2. The molecular weight excluding hydrogens is 238 g/mol. The molecule has 1 fully saturated rings. The molecule has 0 N–H and O–H groups in total. The van der Waals surface area contributed by atoms with Crippen LogP contribution in [0.15, 0.2) is 12.2 Å². The van der Waals surface area contributed by atoms with Crippen LogP contribution in [0.3, 0.4) is 0 Å². The van der Waals surface area contributed by atoms with Crippen molar-refractivity contribution < 1.29 is 4.43 Å². The number of hydrogen-bond donors (Lipinski definition) is 0. The molecule has 1 atom stereocenters. The van der Waals surface area contributed by atoms with Crippen molar-refractivity contribution in [2.24, 2.45) is 0 Å². The second-order valence-electron chi connectivity index (χ2n) is 7.02. The Morgan fingerprint density at radius 3 is 2.28 bits per heavy atom. The first-order valence-corrected chi connectivity index (χ1v) is 10.2. The van der Waals surface area contributed by atoms with E-state index in [4.69, 9.17) is 4.43 Å². The van der Waals surface area contributed by atoms with Gasteiger partial charge in [-0.15, -0.1) is 0 Å². The molecule has 1 saturated heterocycles. The molecule has 0 aromatic rings. The summed E-state index contributed by atoms with van der Waals surface area (Å²) in [4.78, 5) is 2.51. The SMILES string of the molecule is C[C@@H](/C=C/CN1CCCC1)O[Si](C)(C)C(C)(C)C. The molecule has 0 aliphatic carbocycles. The van der Waals surface area contributed by atoms with Crippen molar-refractivity contribution in [3.05, 3.63) is 12.2 Å². The first-order chi connectivity index (χ1) is 8.22. The fraction of sp³-hybridized carbons (Fsp3) is 0.867. The highest BCUT2D eigenvalue weighted by molar-refractivity contribution is 6.74. The Morgan fingerprint density at radius 1 is 1.22 bits per heavy atom. The number of likely N-dealkylation sites (tertiary alicyclic amines) is 1. The first-order valence-electron chi connectivity index (χ1n) is 7.29. The number of rotatable bonds is 5. The van der Waals surface area contributed by atoms with Gasteiger partial charge in [0.15, 0.2) is 8.32 Å². The highest BCUT2D eigenvalue weighted by Gasteiger charge is 2.37. The van der Waals surface area contributed by atoms with Gasteiger partial charge in [-0.2, -0.15) is 0 Å². The molecule has 1 heterocycles. The summed E-state index contributed by atoms with van der Waals surface area (Å²) in [7, 11) is -1.61. The fourth-order valence-corrected chi connectivity index (χ4v) is 3.41. The summed E-state index contributed by atoms with van der Waals surface area (Å²) in [6, 6.07) is 0. The largest absolute Gasteiger partial charge is 0.411 e. The van der Waals surface area contributed by atoms with Gasteiger partial charge in [0.2, 0.25) is 0 Å². The van der Waals surface area contributed by atoms with Crippen LogP contribution >= 0.6 is 0 Å². The van der Waals surface area contributed by atoms with Gasteiger partial charge in [0.25, 0.3) is 0 Å². The predicted molar refractivity (Wildman–Crippen MR) is 82.6 cm³/mol. The zero-order chi connectivity index (χ0) is 13.8. The summed E-state index contributed by atoms with van der Waals surface area (Å²) < 4.78 is 6.30. The van der Waals surface area contributed by atoms with Crippen LogP contribution in [0.5, 0.6) is 0 Å². The normalized spacial score (nSPS) is 20.8. The molecule has 0 aromatic heterocycles. The average molecular weight is 270 g/mol. The summed E-state index contributed by atoms with van der Waals surface area (Å²) in [5.41, 5.74) is 0. The smallest absolute Gasteiger partial charge is 0.192 e. The van der Waals surface area contributed by atoms with Crippen LogP contribution in [0.2, 0.25) is 18.1 Å². The van der Waals surface area contributed by atoms with Crippen molar-refractivity contribution in [1.29, 1.82) is 0 Å². The lowest BCUT2D eigenvalue weighted by Crippen LogP contribution is -2.42. The molecule has 0 bridgehead atoms. The molecule has 1 rings (SSSR count). The molecule has 1 aliphatic rings. The second-order valence-corrected chi connectivity index (χ2v) is 11.8. The van der Waals surface area contributed by atoms with E-state index in [0.717, 1.165) is 6.54 Å². The van der Waals surface area contributed by atoms with E-state index in [9.17, 15) is 0 Å². The minimum atomic E-state index is -1.61. The maximum atomic E-state index is 6.30. The third kappa shape index (κ3) is 4.86. The van der Waals surface area contributed by atoms with Crippen molar-refractivity contribution in [3.8, 4) is 0 Å². The summed E-state index contributed by atoms with van der Waals surface area (Å²) >= 11 is 0. The van der Waals surface area contributed by atoms with E-state index >= 15 is 0 Å². The van der Waals surface area contributed by atoms with Crippen molar-refractivity contribution in [3.63, 3.8) is 0 Å². The van der Waals surface area contributed by atoms with Gasteiger partial charge in [-0.25, -0.2) is 0 Å². The second kappa shape index (κ2) is 6.35. The Kier molecular flexibility index (Phi) is 5.62. The lowest BCUT2D eigenvalue weighted by atomic mass is 10.2. The van der Waals surface area contributed by atoms with Crippen LogP contribution < -0.4 is 0 Å². The van der Waals surface area contributed by atoms with Gasteiger partial charge < -0.3 is 4.43 Å². The van der Waals surface area contributed by atoms with E-state index in [-0.39, 0.29) is 6.10 Å². The Bertz CT molecular complexity index is 275. The third-order valence-corrected chi connectivity index (χ3v) is 8.83. The lowest BCUT2D eigenvalue weighted by Gasteiger charge is -2.37. The van der Waals surface area contributed by atoms with E-state index in [1.807, 2.05) is 0 Å². The van der Waals surface area contributed by atoms with Gasteiger partial charge in [-0.05, 0) is 51.0 Å². The van der Waals surface area contributed by atoms with Gasteiger partial charge in [0.1, 0.15) is 0 Å². The van der Waals surface area contributed by atoms with Gasteiger partial charge in [-0.3, -0.25) is 4.90 Å². The van der Waals surface area contributed by atoms with Gasteiger partial charge in [0.05, 0.1) is 6.10 Å². The van der Waals surface area contributed by atoms with E-state index in [0.29, 0.717) is 5.04 Å². The van der Waals surface area contributed by atoms with Crippen LogP contribution in [-0.4, -0.2) is 39.0 Å². The molecule has 0 unspecified atom stereocenters. The molecule has 0 saturated carbocycles. The summed E-state index contributed by atoms with van der Waals surface area (Å²) in [6.45, 7) is 17.3. The van der Waals surface area contributed by atoms with Crippen molar-refractivity contribution in [2.45, 2.75) is 64.8 Å². The van der Waals surface area contributed by atoms with Gasteiger partial charge in [-0.1, -0.05) is 32.9 Å². The van der Waals surface area contributed by atoms with Gasteiger partial charge >= 0.3 is 0 Å². The highest BCUT2D eigenvalue weighted by atomic mass is 28.4. The molecule has 106 valence electrons. The molecule has 3 heteroatoms. The minimum absolute atomic E-state index is 0.244. The zero-order valence-electron chi connectivity index (χ0n) is 13.1. The molecular formula is C15H31NOSi. The summed E-state index contributed by atoms with van der Waals surface area (Å²) in [5, 5.41) is 0.296. The molecule has 0 amide bonds. The van der Waals surface area contributed by atoms with Crippen molar-refractivity contribution in [2.75, 3.05) is 19.6 Å². The fourth-order valence-electron chi connectivity index (χ4n) is 2.05. The topological polar surface area (TPSA) is 12.5 Å². The Balaban J connectivity index is 2.36. The summed E-state index contributed by atoms with van der Waals surface area (Å²) in [5.74, 6) is 0. The molecule has 0 aromatic carbocycles. The Labute approximate surface area is 115 Å². The molecule has 18 heavy (non-hydrogen) atoms. The summed E-state index contributed by atoms with van der Waals surface area (Å²) in [6.07, 6.45) is 7.49. The van der Waals surface area contributed by atoms with E-state index in [1.54, 1.807) is 0 Å². The molecule has 0 spiro atoms. The monoisotopic (exact) mass is 269 g/mol. The van der Waals surface area contributed by atoms with E-state index in [2.05, 4.69) is 57.8 Å². The Morgan fingerprint density at radius 2 is 1.78 bits per heavy atom. The molecule has 1 aliphatic heterocycles. The van der Waals surface area contributed by atoms with Crippen LogP contribution in [0.25, 0.3) is 0 Å². The lowest BCUT2D eigenvalue weighted by molar-refractivity contribution is 0.242. The standard InChI is InChI=1S/C15H31NOSi/c1-14(17-18(5,6)15(2,3)4)10-9-13-16-11-7-8-12-16/h9-10,14H,7-8,11-13H2,1-6H3/b10-9+/t14-/m0/s1. The predicted octanol–water partition coefficient (Wildman–Crippen LogP) is 4.05. The van der Waals surface area contributed by atoms with E-state index < -0.39 is 8.32 Å². The van der Waals surface area contributed by atoms with Crippen LogP contribution in [0.1, 0.15) is 40.5 Å². The third-order valence-electron chi connectivity index (χ3n) is 4.26. The maximum Gasteiger partial charge on any atom is 0.192 e. The van der Waals surface area contributed by atoms with Gasteiger partial charge in [0, 0.05) is 6.54 Å². The number of nitrogens with zero attached hydrogens (tertiary/aromatic N) is 1. The maximum absolute atomic E-state index is 6.30. The molecule has 2 nitrogen and oxygen atoms in total. The highest BCUT2D eigenvalue weighted by Crippen LogP contribution is 2.37. The minimum Gasteiger partial charge on any atom is -0.411 e. The molecule has 0 radical (unpaired) electrons. The average Bonchev–Trinajstić information content (AvgIpc) is 2.67.